The van der Waals surface area contributed by atoms with E-state index >= 15 is 0 Å². The number of halogens is 1. The Bertz CT molecular complexity index is 240. The normalized spacial score (nSPS) is 13.7. The van der Waals surface area contributed by atoms with Crippen LogP contribution in [0.2, 0.25) is 0 Å². The van der Waals surface area contributed by atoms with E-state index in [4.69, 9.17) is 5.73 Å². The zero-order valence-corrected chi connectivity index (χ0v) is 11.3. The van der Waals surface area contributed by atoms with E-state index in [-0.39, 0.29) is 30.1 Å². The molecule has 1 atom stereocenters. The van der Waals surface area contributed by atoms with Gasteiger partial charge in [0.1, 0.15) is 0 Å². The summed E-state index contributed by atoms with van der Waals surface area (Å²) in [6, 6.07) is -0.172. The number of hydrogen-bond acceptors (Lipinski definition) is 3. The molecule has 0 aliphatic carbocycles. The maximum Gasteiger partial charge on any atom is 0.212 e. The van der Waals surface area contributed by atoms with Gasteiger partial charge >= 0.3 is 0 Å². The summed E-state index contributed by atoms with van der Waals surface area (Å²) in [6.45, 7) is 6.12. The first kappa shape index (κ1) is 17.6. The second-order valence-corrected chi connectivity index (χ2v) is 5.52. The summed E-state index contributed by atoms with van der Waals surface area (Å²) >= 11 is 0. The zero-order chi connectivity index (χ0) is 11.2. The molecule has 0 radical (unpaired) electrons. The molecule has 0 rings (SSSR count). The summed E-state index contributed by atoms with van der Waals surface area (Å²) in [4.78, 5) is 0. The van der Waals surface area contributed by atoms with Crippen molar-refractivity contribution in [1.82, 2.24) is 4.72 Å². The van der Waals surface area contributed by atoms with Crippen LogP contribution in [0.25, 0.3) is 0 Å². The van der Waals surface area contributed by atoms with Crippen LogP contribution in [0.4, 0.5) is 0 Å². The summed E-state index contributed by atoms with van der Waals surface area (Å²) in [5.41, 5.74) is 5.35. The molecule has 6 heteroatoms. The smallest absolute Gasteiger partial charge is 0.212 e. The van der Waals surface area contributed by atoms with Gasteiger partial charge in [0, 0.05) is 12.6 Å². The van der Waals surface area contributed by atoms with Crippen LogP contribution in [-0.2, 0) is 10.0 Å². The minimum Gasteiger partial charge on any atom is -0.329 e. The SMILES string of the molecule is CCC(CC)CS(=O)(=O)N[C@@H](C)CN.Cl. The van der Waals surface area contributed by atoms with Gasteiger partial charge in [0.2, 0.25) is 10.0 Å². The first-order valence-electron chi connectivity index (χ1n) is 5.15. The van der Waals surface area contributed by atoms with Crippen molar-refractivity contribution < 1.29 is 8.42 Å². The second kappa shape index (κ2) is 8.33. The van der Waals surface area contributed by atoms with Gasteiger partial charge in [-0.05, 0) is 12.8 Å². The lowest BCUT2D eigenvalue weighted by molar-refractivity contribution is 0.509. The molecule has 0 saturated carbocycles. The Morgan fingerprint density at radius 2 is 1.73 bits per heavy atom. The minimum absolute atomic E-state index is 0. The fourth-order valence-corrected chi connectivity index (χ4v) is 3.13. The standard InChI is InChI=1S/C9H22N2O2S.ClH/c1-4-9(5-2)7-14(12,13)11-8(3)6-10;/h8-9,11H,4-7,10H2,1-3H3;1H/t8-;/m0./s1. The van der Waals surface area contributed by atoms with E-state index in [2.05, 4.69) is 4.72 Å². The van der Waals surface area contributed by atoms with Crippen molar-refractivity contribution in [2.75, 3.05) is 12.3 Å². The monoisotopic (exact) mass is 258 g/mol. The number of hydrogen-bond donors (Lipinski definition) is 2. The van der Waals surface area contributed by atoms with Crippen LogP contribution in [0.3, 0.4) is 0 Å². The molecule has 94 valence electrons. The zero-order valence-electron chi connectivity index (χ0n) is 9.69. The number of nitrogens with two attached hydrogens (primary N) is 1. The Hall–Kier alpha value is 0.160. The molecule has 0 saturated heterocycles. The van der Waals surface area contributed by atoms with Gasteiger partial charge in [-0.2, -0.15) is 0 Å². The first-order chi connectivity index (χ1) is 6.45. The molecule has 0 amide bonds. The minimum atomic E-state index is -3.15. The van der Waals surface area contributed by atoms with Crippen LogP contribution in [0, 0.1) is 5.92 Å². The molecule has 4 nitrogen and oxygen atoms in total. The predicted molar refractivity (Wildman–Crippen MR) is 66.8 cm³/mol. The van der Waals surface area contributed by atoms with Crippen molar-refractivity contribution >= 4 is 22.4 Å². The fourth-order valence-electron chi connectivity index (χ4n) is 1.24. The lowest BCUT2D eigenvalue weighted by atomic mass is 10.1. The van der Waals surface area contributed by atoms with Gasteiger partial charge in [-0.15, -0.1) is 12.4 Å². The van der Waals surface area contributed by atoms with Crippen LogP contribution in [0.5, 0.6) is 0 Å². The Balaban J connectivity index is 0. The van der Waals surface area contributed by atoms with Crippen LogP contribution >= 0.6 is 12.4 Å². The third-order valence-corrected chi connectivity index (χ3v) is 4.02. The largest absolute Gasteiger partial charge is 0.329 e. The summed E-state index contributed by atoms with van der Waals surface area (Å²) in [6.07, 6.45) is 1.79. The van der Waals surface area contributed by atoms with E-state index in [9.17, 15) is 8.42 Å². The highest BCUT2D eigenvalue weighted by Gasteiger charge is 2.17. The third-order valence-electron chi connectivity index (χ3n) is 2.34. The van der Waals surface area contributed by atoms with Gasteiger partial charge in [0.25, 0.3) is 0 Å². The molecule has 0 aliphatic rings. The first-order valence-corrected chi connectivity index (χ1v) is 6.80. The van der Waals surface area contributed by atoms with Crippen molar-refractivity contribution in [3.63, 3.8) is 0 Å². The van der Waals surface area contributed by atoms with Gasteiger partial charge in [0.05, 0.1) is 5.75 Å². The van der Waals surface area contributed by atoms with Gasteiger partial charge in [-0.25, -0.2) is 13.1 Å². The highest BCUT2D eigenvalue weighted by molar-refractivity contribution is 7.89. The van der Waals surface area contributed by atoms with Crippen molar-refractivity contribution in [3.05, 3.63) is 0 Å². The molecule has 0 bridgehead atoms. The maximum absolute atomic E-state index is 11.6. The maximum atomic E-state index is 11.6. The van der Waals surface area contributed by atoms with Crippen LogP contribution in [0.1, 0.15) is 33.6 Å². The average Bonchev–Trinajstić information content (AvgIpc) is 2.13. The summed E-state index contributed by atoms with van der Waals surface area (Å²) < 4.78 is 25.7. The number of nitrogens with one attached hydrogen (secondary N) is 1. The molecule has 0 heterocycles. The van der Waals surface area contributed by atoms with E-state index < -0.39 is 10.0 Å². The Morgan fingerprint density at radius 1 is 1.27 bits per heavy atom. The highest BCUT2D eigenvalue weighted by atomic mass is 35.5. The van der Waals surface area contributed by atoms with E-state index in [1.807, 2.05) is 13.8 Å². The molecule has 3 N–H and O–H groups in total. The van der Waals surface area contributed by atoms with Crippen molar-refractivity contribution in [3.8, 4) is 0 Å². The lowest BCUT2D eigenvalue weighted by Gasteiger charge is -2.16. The molecular formula is C9H23ClN2O2S. The quantitative estimate of drug-likeness (QED) is 0.719. The second-order valence-electron chi connectivity index (χ2n) is 3.72. The lowest BCUT2D eigenvalue weighted by Crippen LogP contribution is -2.40. The van der Waals surface area contributed by atoms with Gasteiger partial charge in [-0.3, -0.25) is 0 Å². The molecule has 0 aliphatic heterocycles. The van der Waals surface area contributed by atoms with Gasteiger partial charge < -0.3 is 5.73 Å². The van der Waals surface area contributed by atoms with E-state index in [1.54, 1.807) is 6.92 Å². The Labute approximate surface area is 99.5 Å². The molecule has 0 unspecified atom stereocenters. The summed E-state index contributed by atoms with van der Waals surface area (Å²) in [7, 11) is -3.15. The van der Waals surface area contributed by atoms with E-state index in [0.717, 1.165) is 12.8 Å². The summed E-state index contributed by atoms with van der Waals surface area (Å²) in [5, 5.41) is 0. The van der Waals surface area contributed by atoms with E-state index in [0.29, 0.717) is 6.54 Å². The van der Waals surface area contributed by atoms with Crippen molar-refractivity contribution in [2.24, 2.45) is 11.7 Å². The molecule has 0 spiro atoms. The molecule has 0 aromatic rings. The number of sulfonamides is 1. The highest BCUT2D eigenvalue weighted by Crippen LogP contribution is 2.10. The van der Waals surface area contributed by atoms with Crippen molar-refractivity contribution in [2.45, 2.75) is 39.7 Å². The fraction of sp³-hybridized carbons (Fsp3) is 1.00. The van der Waals surface area contributed by atoms with Crippen LogP contribution in [-0.4, -0.2) is 26.8 Å². The summed E-state index contributed by atoms with van der Waals surface area (Å²) in [5.74, 6) is 0.460. The van der Waals surface area contributed by atoms with Gasteiger partial charge in [0.15, 0.2) is 0 Å². The molecule has 0 aromatic carbocycles. The third kappa shape index (κ3) is 8.02. The Morgan fingerprint density at radius 3 is 2.07 bits per heavy atom. The molecule has 15 heavy (non-hydrogen) atoms. The molecule has 0 fully saturated rings. The van der Waals surface area contributed by atoms with Crippen LogP contribution in [0.15, 0.2) is 0 Å². The molecule has 0 aromatic heterocycles. The Kier molecular flexibility index (Phi) is 9.74. The molecular weight excluding hydrogens is 236 g/mol. The van der Waals surface area contributed by atoms with Crippen molar-refractivity contribution in [1.29, 1.82) is 0 Å². The van der Waals surface area contributed by atoms with Crippen LogP contribution < -0.4 is 10.5 Å². The topological polar surface area (TPSA) is 72.2 Å². The van der Waals surface area contributed by atoms with E-state index in [1.165, 1.54) is 0 Å². The van der Waals surface area contributed by atoms with Gasteiger partial charge in [-0.1, -0.05) is 26.7 Å². The predicted octanol–water partition coefficient (Wildman–Crippen LogP) is 1.11. The average molecular weight is 259 g/mol. The number of rotatable bonds is 7.